The molecule has 22 heavy (non-hydrogen) atoms. The van der Waals surface area contributed by atoms with Crippen molar-refractivity contribution < 1.29 is 14.3 Å². The van der Waals surface area contributed by atoms with Gasteiger partial charge in [-0.2, -0.15) is 5.10 Å². The van der Waals surface area contributed by atoms with E-state index in [0.717, 1.165) is 12.8 Å². The van der Waals surface area contributed by atoms with Gasteiger partial charge in [0.05, 0.1) is 5.92 Å². The van der Waals surface area contributed by atoms with Crippen molar-refractivity contribution in [2.24, 2.45) is 5.92 Å². The van der Waals surface area contributed by atoms with E-state index >= 15 is 0 Å². The van der Waals surface area contributed by atoms with E-state index in [0.29, 0.717) is 18.9 Å². The summed E-state index contributed by atoms with van der Waals surface area (Å²) < 4.78 is 5.40. The quantitative estimate of drug-likeness (QED) is 0.845. The summed E-state index contributed by atoms with van der Waals surface area (Å²) in [5.74, 6) is -0.128. The predicted molar refractivity (Wildman–Crippen MR) is 81.2 cm³/mol. The van der Waals surface area contributed by atoms with Gasteiger partial charge in [0.25, 0.3) is 0 Å². The fourth-order valence-electron chi connectivity index (χ4n) is 2.30. The van der Waals surface area contributed by atoms with Gasteiger partial charge in [0.15, 0.2) is 5.82 Å². The minimum atomic E-state index is -0.513. The number of esters is 1. The number of urea groups is 1. The molecule has 0 saturated carbocycles. The average Bonchev–Trinajstić information content (AvgIpc) is 2.46. The number of carbonyl (C=O) groups is 2. The third kappa shape index (κ3) is 4.68. The Morgan fingerprint density at radius 3 is 2.82 bits per heavy atom. The minimum absolute atomic E-state index is 0.246. The van der Waals surface area contributed by atoms with Gasteiger partial charge in [0.1, 0.15) is 5.60 Å². The number of nitrogens with one attached hydrogen (secondary N) is 1. The van der Waals surface area contributed by atoms with Gasteiger partial charge in [-0.05, 0) is 45.7 Å². The Hall–Kier alpha value is -2.18. The zero-order valence-electron chi connectivity index (χ0n) is 13.2. The number of hydrogen-bond acceptors (Lipinski definition) is 5. The number of likely N-dealkylation sites (tertiary alicyclic amines) is 1. The monoisotopic (exact) mass is 306 g/mol. The second kappa shape index (κ2) is 6.72. The summed E-state index contributed by atoms with van der Waals surface area (Å²) in [5, 5.41) is 10.2. The van der Waals surface area contributed by atoms with E-state index in [2.05, 4.69) is 15.5 Å². The summed E-state index contributed by atoms with van der Waals surface area (Å²) in [7, 11) is 0. The van der Waals surface area contributed by atoms with E-state index in [1.165, 1.54) is 6.20 Å². The number of aromatic nitrogens is 2. The van der Waals surface area contributed by atoms with E-state index in [9.17, 15) is 9.59 Å². The van der Waals surface area contributed by atoms with Crippen LogP contribution in [0.25, 0.3) is 0 Å². The Labute approximate surface area is 130 Å². The van der Waals surface area contributed by atoms with Gasteiger partial charge in [-0.15, -0.1) is 5.10 Å². The van der Waals surface area contributed by atoms with Crippen molar-refractivity contribution in [3.05, 3.63) is 18.3 Å². The van der Waals surface area contributed by atoms with Gasteiger partial charge in [0, 0.05) is 19.3 Å². The van der Waals surface area contributed by atoms with Crippen LogP contribution in [-0.4, -0.2) is 45.8 Å². The van der Waals surface area contributed by atoms with Gasteiger partial charge in [-0.1, -0.05) is 0 Å². The highest BCUT2D eigenvalue weighted by molar-refractivity contribution is 5.88. The van der Waals surface area contributed by atoms with Crippen LogP contribution in [0.4, 0.5) is 10.6 Å². The maximum Gasteiger partial charge on any atom is 0.323 e. The second-order valence-electron chi connectivity index (χ2n) is 6.36. The Bertz CT molecular complexity index is 527. The lowest BCUT2D eigenvalue weighted by atomic mass is 9.98. The van der Waals surface area contributed by atoms with Gasteiger partial charge >= 0.3 is 12.0 Å². The smallest absolute Gasteiger partial charge is 0.323 e. The fourth-order valence-corrected chi connectivity index (χ4v) is 2.30. The lowest BCUT2D eigenvalue weighted by molar-refractivity contribution is -0.161. The average molecular weight is 306 g/mol. The number of carbonyl (C=O) groups excluding carboxylic acids is 2. The van der Waals surface area contributed by atoms with Crippen LogP contribution in [0.1, 0.15) is 33.6 Å². The predicted octanol–water partition coefficient (Wildman–Crippen LogP) is 2.06. The van der Waals surface area contributed by atoms with Crippen LogP contribution in [0, 0.1) is 5.92 Å². The highest BCUT2D eigenvalue weighted by atomic mass is 16.6. The molecule has 0 spiro atoms. The molecular formula is C15H22N4O3. The molecule has 2 heterocycles. The Balaban J connectivity index is 1.92. The molecule has 1 aromatic rings. The Morgan fingerprint density at radius 2 is 2.18 bits per heavy atom. The number of amides is 2. The summed E-state index contributed by atoms with van der Waals surface area (Å²) in [6.07, 6.45) is 3.05. The van der Waals surface area contributed by atoms with Crippen molar-refractivity contribution in [3.63, 3.8) is 0 Å². The van der Waals surface area contributed by atoms with Crippen LogP contribution in [0.3, 0.4) is 0 Å². The standard InChI is InChI=1S/C15H22N4O3/c1-15(2,3)22-13(20)11-6-5-9-19(10-11)14(21)17-12-7-4-8-16-18-12/h4,7-8,11H,5-6,9-10H2,1-3H3,(H,17,18,21)/t11-/m0/s1. The molecule has 0 aliphatic carbocycles. The summed E-state index contributed by atoms with van der Waals surface area (Å²) in [5.41, 5.74) is -0.513. The number of nitrogens with zero attached hydrogens (tertiary/aromatic N) is 3. The summed E-state index contributed by atoms with van der Waals surface area (Å²) in [6.45, 7) is 6.50. The molecule has 1 aromatic heterocycles. The lowest BCUT2D eigenvalue weighted by Gasteiger charge is -2.33. The minimum Gasteiger partial charge on any atom is -0.460 e. The third-order valence-corrected chi connectivity index (χ3v) is 3.26. The maximum atomic E-state index is 12.2. The fraction of sp³-hybridized carbons (Fsp3) is 0.600. The van der Waals surface area contributed by atoms with Crippen molar-refractivity contribution in [2.45, 2.75) is 39.2 Å². The molecule has 120 valence electrons. The van der Waals surface area contributed by atoms with E-state index in [1.54, 1.807) is 17.0 Å². The Morgan fingerprint density at radius 1 is 1.41 bits per heavy atom. The van der Waals surface area contributed by atoms with Crippen molar-refractivity contribution in [2.75, 3.05) is 18.4 Å². The molecule has 0 radical (unpaired) electrons. The van der Waals surface area contributed by atoms with Gasteiger partial charge in [0.2, 0.25) is 0 Å². The van der Waals surface area contributed by atoms with Crippen LogP contribution >= 0.6 is 0 Å². The molecule has 1 aliphatic rings. The maximum absolute atomic E-state index is 12.2. The molecular weight excluding hydrogens is 284 g/mol. The zero-order chi connectivity index (χ0) is 16.2. The van der Waals surface area contributed by atoms with Crippen LogP contribution in [0.15, 0.2) is 18.3 Å². The summed E-state index contributed by atoms with van der Waals surface area (Å²) >= 11 is 0. The van der Waals surface area contributed by atoms with Crippen LogP contribution in [-0.2, 0) is 9.53 Å². The van der Waals surface area contributed by atoms with Crippen molar-refractivity contribution >= 4 is 17.8 Å². The number of anilines is 1. The normalized spacial score (nSPS) is 18.7. The largest absolute Gasteiger partial charge is 0.460 e. The highest BCUT2D eigenvalue weighted by Crippen LogP contribution is 2.21. The molecule has 2 amide bonds. The van der Waals surface area contributed by atoms with Crippen LogP contribution in [0.2, 0.25) is 0 Å². The van der Waals surface area contributed by atoms with E-state index in [4.69, 9.17) is 4.74 Å². The zero-order valence-corrected chi connectivity index (χ0v) is 13.2. The van der Waals surface area contributed by atoms with Crippen molar-refractivity contribution in [3.8, 4) is 0 Å². The second-order valence-corrected chi connectivity index (χ2v) is 6.36. The number of rotatable bonds is 2. The lowest BCUT2D eigenvalue weighted by Crippen LogP contribution is -2.45. The van der Waals surface area contributed by atoms with Crippen LogP contribution in [0.5, 0.6) is 0 Å². The number of hydrogen-bond donors (Lipinski definition) is 1. The van der Waals surface area contributed by atoms with Gasteiger partial charge < -0.3 is 9.64 Å². The summed E-state index contributed by atoms with van der Waals surface area (Å²) in [4.78, 5) is 26.0. The number of piperidine rings is 1. The Kier molecular flexibility index (Phi) is 4.95. The molecule has 1 atom stereocenters. The molecule has 7 heteroatoms. The number of ether oxygens (including phenoxy) is 1. The van der Waals surface area contributed by atoms with E-state index in [1.807, 2.05) is 20.8 Å². The van der Waals surface area contributed by atoms with Crippen molar-refractivity contribution in [1.82, 2.24) is 15.1 Å². The molecule has 1 fully saturated rings. The molecule has 1 saturated heterocycles. The molecule has 2 rings (SSSR count). The molecule has 0 unspecified atom stereocenters. The first-order valence-electron chi connectivity index (χ1n) is 7.41. The third-order valence-electron chi connectivity index (χ3n) is 3.26. The first kappa shape index (κ1) is 16.2. The van der Waals surface area contributed by atoms with Gasteiger partial charge in [-0.3, -0.25) is 10.1 Å². The van der Waals surface area contributed by atoms with Gasteiger partial charge in [-0.25, -0.2) is 4.79 Å². The summed E-state index contributed by atoms with van der Waals surface area (Å²) in [6, 6.07) is 3.09. The molecule has 1 N–H and O–H groups in total. The molecule has 0 aromatic carbocycles. The molecule has 0 bridgehead atoms. The SMILES string of the molecule is CC(C)(C)OC(=O)[C@H]1CCCN(C(=O)Nc2cccnn2)C1. The highest BCUT2D eigenvalue weighted by Gasteiger charge is 2.31. The van der Waals surface area contributed by atoms with E-state index in [-0.39, 0.29) is 17.9 Å². The first-order valence-corrected chi connectivity index (χ1v) is 7.41. The van der Waals surface area contributed by atoms with E-state index < -0.39 is 5.60 Å². The molecule has 7 nitrogen and oxygen atoms in total. The molecule has 1 aliphatic heterocycles. The van der Waals surface area contributed by atoms with Crippen LogP contribution < -0.4 is 5.32 Å². The van der Waals surface area contributed by atoms with Crippen molar-refractivity contribution in [1.29, 1.82) is 0 Å². The first-order chi connectivity index (χ1) is 10.3. The topological polar surface area (TPSA) is 84.4 Å².